The molecule has 0 aliphatic carbocycles. The lowest BCUT2D eigenvalue weighted by molar-refractivity contribution is 0.0556. The molecule has 0 radical (unpaired) electrons. The van der Waals surface area contributed by atoms with Gasteiger partial charge in [-0.2, -0.15) is 0 Å². The number of halogens is 2. The highest BCUT2D eigenvalue weighted by Gasteiger charge is 2.14. The number of carbonyl (C=O) groups excluding carboxylic acids is 2. The van der Waals surface area contributed by atoms with Crippen molar-refractivity contribution in [3.8, 4) is 18.1 Å². The SMILES string of the molecule is C#CCOC(=O)c1ccc(OC(=O)c2ccc(Cl)cc2Cl)cc1. The molecule has 0 aromatic heterocycles. The summed E-state index contributed by atoms with van der Waals surface area (Å²) < 4.78 is 9.97. The van der Waals surface area contributed by atoms with Crippen LogP contribution in [0.2, 0.25) is 10.0 Å². The first-order chi connectivity index (χ1) is 11.0. The zero-order valence-corrected chi connectivity index (χ0v) is 13.2. The molecule has 23 heavy (non-hydrogen) atoms. The molecular weight excluding hydrogens is 339 g/mol. The molecule has 0 atom stereocenters. The van der Waals surface area contributed by atoms with E-state index in [1.54, 1.807) is 0 Å². The van der Waals surface area contributed by atoms with Crippen LogP contribution < -0.4 is 4.74 Å². The normalized spacial score (nSPS) is 9.78. The van der Waals surface area contributed by atoms with Crippen LogP contribution in [0.3, 0.4) is 0 Å². The van der Waals surface area contributed by atoms with E-state index in [1.807, 2.05) is 0 Å². The number of terminal acetylenes is 1. The number of rotatable bonds is 4. The summed E-state index contributed by atoms with van der Waals surface area (Å²) in [7, 11) is 0. The fraction of sp³-hybridized carbons (Fsp3) is 0.0588. The number of esters is 2. The lowest BCUT2D eigenvalue weighted by Gasteiger charge is -2.07. The quantitative estimate of drug-likeness (QED) is 0.476. The number of hydrogen-bond donors (Lipinski definition) is 0. The third kappa shape index (κ3) is 4.49. The van der Waals surface area contributed by atoms with Gasteiger partial charge in [-0.25, -0.2) is 9.59 Å². The van der Waals surface area contributed by atoms with Gasteiger partial charge in [0.15, 0.2) is 6.61 Å². The Balaban J connectivity index is 2.07. The van der Waals surface area contributed by atoms with Gasteiger partial charge in [0.25, 0.3) is 0 Å². The lowest BCUT2D eigenvalue weighted by Crippen LogP contribution is -2.09. The molecule has 0 amide bonds. The summed E-state index contributed by atoms with van der Waals surface area (Å²) in [4.78, 5) is 23.6. The summed E-state index contributed by atoms with van der Waals surface area (Å²) in [6.45, 7) is -0.107. The molecule has 0 heterocycles. The van der Waals surface area contributed by atoms with Crippen molar-refractivity contribution in [2.45, 2.75) is 0 Å². The zero-order valence-electron chi connectivity index (χ0n) is 11.7. The van der Waals surface area contributed by atoms with Crippen LogP contribution in [0.5, 0.6) is 5.75 Å². The van der Waals surface area contributed by atoms with Crippen LogP contribution >= 0.6 is 23.2 Å². The Morgan fingerprint density at radius 3 is 2.35 bits per heavy atom. The van der Waals surface area contributed by atoms with E-state index in [0.717, 1.165) is 0 Å². The third-order valence-electron chi connectivity index (χ3n) is 2.74. The Morgan fingerprint density at radius 1 is 1.04 bits per heavy atom. The summed E-state index contributed by atoms with van der Waals surface area (Å²) >= 11 is 11.7. The molecule has 0 N–H and O–H groups in total. The summed E-state index contributed by atoms with van der Waals surface area (Å²) in [5.74, 6) is 1.27. The molecule has 0 aliphatic heterocycles. The Bertz CT molecular complexity index is 776. The van der Waals surface area contributed by atoms with Crippen LogP contribution in [0, 0.1) is 12.3 Å². The molecule has 2 aromatic carbocycles. The monoisotopic (exact) mass is 348 g/mol. The van der Waals surface area contributed by atoms with Crippen molar-refractivity contribution in [2.24, 2.45) is 0 Å². The minimum atomic E-state index is -0.630. The van der Waals surface area contributed by atoms with Crippen molar-refractivity contribution in [3.05, 3.63) is 63.6 Å². The van der Waals surface area contributed by atoms with Crippen LogP contribution in [0.15, 0.2) is 42.5 Å². The summed E-state index contributed by atoms with van der Waals surface area (Å²) in [6, 6.07) is 10.3. The second kappa shape index (κ2) is 7.68. The molecule has 2 rings (SSSR count). The first-order valence-electron chi connectivity index (χ1n) is 6.39. The van der Waals surface area contributed by atoms with Gasteiger partial charge in [0.05, 0.1) is 16.1 Å². The van der Waals surface area contributed by atoms with E-state index in [4.69, 9.17) is 39.1 Å². The second-order valence-corrected chi connectivity index (χ2v) is 5.16. The molecule has 2 aromatic rings. The largest absolute Gasteiger partial charge is 0.449 e. The minimum absolute atomic E-state index is 0.107. The topological polar surface area (TPSA) is 52.6 Å². The molecular formula is C17H10Cl2O4. The van der Waals surface area contributed by atoms with Crippen molar-refractivity contribution in [3.63, 3.8) is 0 Å². The van der Waals surface area contributed by atoms with E-state index in [9.17, 15) is 9.59 Å². The van der Waals surface area contributed by atoms with Crippen LogP contribution in [0.4, 0.5) is 0 Å². The van der Waals surface area contributed by atoms with Crippen molar-refractivity contribution < 1.29 is 19.1 Å². The van der Waals surface area contributed by atoms with Crippen molar-refractivity contribution in [1.29, 1.82) is 0 Å². The molecule has 0 saturated carbocycles. The average molecular weight is 349 g/mol. The van der Waals surface area contributed by atoms with Crippen LogP contribution in [0.25, 0.3) is 0 Å². The van der Waals surface area contributed by atoms with E-state index in [1.165, 1.54) is 42.5 Å². The smallest absolute Gasteiger partial charge is 0.345 e. The first-order valence-corrected chi connectivity index (χ1v) is 7.14. The van der Waals surface area contributed by atoms with Gasteiger partial charge in [0, 0.05) is 5.02 Å². The highest BCUT2D eigenvalue weighted by atomic mass is 35.5. The molecule has 0 unspecified atom stereocenters. The molecule has 0 fully saturated rings. The number of benzene rings is 2. The molecule has 0 aliphatic rings. The molecule has 6 heteroatoms. The summed E-state index contributed by atoms with van der Waals surface area (Å²) in [5.41, 5.74) is 0.484. The summed E-state index contributed by atoms with van der Waals surface area (Å²) in [5, 5.41) is 0.610. The van der Waals surface area contributed by atoms with E-state index in [0.29, 0.717) is 10.6 Å². The predicted molar refractivity (Wildman–Crippen MR) is 87.0 cm³/mol. The first kappa shape index (κ1) is 16.9. The van der Waals surface area contributed by atoms with Crippen LogP contribution in [0.1, 0.15) is 20.7 Å². The Hall–Kier alpha value is -2.48. The van der Waals surface area contributed by atoms with Crippen molar-refractivity contribution in [2.75, 3.05) is 6.61 Å². The predicted octanol–water partition coefficient (Wildman–Crippen LogP) is 4.00. The van der Waals surface area contributed by atoms with Gasteiger partial charge in [-0.1, -0.05) is 29.1 Å². The summed E-state index contributed by atoms with van der Waals surface area (Å²) in [6.07, 6.45) is 5.01. The van der Waals surface area contributed by atoms with E-state index in [-0.39, 0.29) is 22.9 Å². The maximum atomic E-state index is 12.0. The second-order valence-electron chi connectivity index (χ2n) is 4.32. The molecule has 0 saturated heterocycles. The van der Waals surface area contributed by atoms with Gasteiger partial charge < -0.3 is 9.47 Å². The third-order valence-corrected chi connectivity index (χ3v) is 3.29. The molecule has 0 spiro atoms. The van der Waals surface area contributed by atoms with Gasteiger partial charge in [0.1, 0.15) is 5.75 Å². The highest BCUT2D eigenvalue weighted by molar-refractivity contribution is 6.36. The van der Waals surface area contributed by atoms with Gasteiger partial charge in [-0.3, -0.25) is 0 Å². The van der Waals surface area contributed by atoms with Crippen molar-refractivity contribution >= 4 is 35.1 Å². The number of carbonyl (C=O) groups is 2. The Morgan fingerprint density at radius 2 is 1.74 bits per heavy atom. The standard InChI is InChI=1S/C17H10Cl2O4/c1-2-9-22-16(20)11-3-6-13(7-4-11)23-17(21)14-8-5-12(18)10-15(14)19/h1,3-8,10H,9H2. The van der Waals surface area contributed by atoms with Gasteiger partial charge in [-0.05, 0) is 42.5 Å². The molecule has 116 valence electrons. The fourth-order valence-corrected chi connectivity index (χ4v) is 2.15. The van der Waals surface area contributed by atoms with Crippen LogP contribution in [-0.4, -0.2) is 18.5 Å². The van der Waals surface area contributed by atoms with Crippen LogP contribution in [-0.2, 0) is 4.74 Å². The average Bonchev–Trinajstić information content (AvgIpc) is 2.53. The zero-order chi connectivity index (χ0) is 16.8. The highest BCUT2D eigenvalue weighted by Crippen LogP contribution is 2.23. The maximum absolute atomic E-state index is 12.0. The molecule has 0 bridgehead atoms. The number of hydrogen-bond acceptors (Lipinski definition) is 4. The van der Waals surface area contributed by atoms with E-state index < -0.39 is 11.9 Å². The lowest BCUT2D eigenvalue weighted by atomic mass is 10.2. The fourth-order valence-electron chi connectivity index (χ4n) is 1.67. The maximum Gasteiger partial charge on any atom is 0.345 e. The minimum Gasteiger partial charge on any atom is -0.449 e. The van der Waals surface area contributed by atoms with Crippen molar-refractivity contribution in [1.82, 2.24) is 0 Å². The number of ether oxygens (including phenoxy) is 2. The molecule has 4 nitrogen and oxygen atoms in total. The Kier molecular flexibility index (Phi) is 5.64. The van der Waals surface area contributed by atoms with E-state index in [2.05, 4.69) is 5.92 Å². The van der Waals surface area contributed by atoms with Gasteiger partial charge in [-0.15, -0.1) is 6.42 Å². The Labute approximate surface area is 142 Å². The van der Waals surface area contributed by atoms with E-state index >= 15 is 0 Å². The van der Waals surface area contributed by atoms with Gasteiger partial charge in [0.2, 0.25) is 0 Å². The van der Waals surface area contributed by atoms with Gasteiger partial charge >= 0.3 is 11.9 Å².